The number of hydrogen-bond donors (Lipinski definition) is 2. The molecule has 0 aliphatic carbocycles. The van der Waals surface area contributed by atoms with Gasteiger partial charge in [0.1, 0.15) is 0 Å². The van der Waals surface area contributed by atoms with Gasteiger partial charge in [-0.25, -0.2) is 0 Å². The third-order valence-electron chi connectivity index (χ3n) is 4.22. The molecule has 1 aromatic rings. The second-order valence-electron chi connectivity index (χ2n) is 6.09. The van der Waals surface area contributed by atoms with Crippen molar-refractivity contribution in [1.29, 1.82) is 0 Å². The average molecular weight is 333 g/mol. The molecule has 1 aromatic carbocycles. The second kappa shape index (κ2) is 10.1. The van der Waals surface area contributed by atoms with E-state index < -0.39 is 11.8 Å². The van der Waals surface area contributed by atoms with Crippen molar-refractivity contribution in [2.45, 2.75) is 25.8 Å². The molecule has 0 unspecified atom stereocenters. The minimum absolute atomic E-state index is 0.167. The quantitative estimate of drug-likeness (QED) is 0.566. The monoisotopic (exact) mass is 333 g/mol. The van der Waals surface area contributed by atoms with Gasteiger partial charge >= 0.3 is 11.8 Å². The minimum atomic E-state index is -0.518. The fourth-order valence-electron chi connectivity index (χ4n) is 2.79. The molecule has 132 valence electrons. The van der Waals surface area contributed by atoms with Crippen LogP contribution in [0.5, 0.6) is 0 Å². The van der Waals surface area contributed by atoms with Crippen LogP contribution in [0.4, 0.5) is 0 Å². The zero-order valence-electron chi connectivity index (χ0n) is 14.1. The molecular weight excluding hydrogens is 306 g/mol. The molecule has 0 aromatic heterocycles. The van der Waals surface area contributed by atoms with Crippen LogP contribution >= 0.6 is 0 Å². The van der Waals surface area contributed by atoms with Gasteiger partial charge in [0.2, 0.25) is 0 Å². The summed E-state index contributed by atoms with van der Waals surface area (Å²) in [6.07, 6.45) is 2.36. The van der Waals surface area contributed by atoms with Crippen LogP contribution in [0, 0.1) is 0 Å². The van der Waals surface area contributed by atoms with Crippen molar-refractivity contribution in [3.63, 3.8) is 0 Å². The van der Waals surface area contributed by atoms with E-state index >= 15 is 0 Å². The third-order valence-corrected chi connectivity index (χ3v) is 4.22. The van der Waals surface area contributed by atoms with Crippen molar-refractivity contribution in [3.05, 3.63) is 35.9 Å². The number of unbranched alkanes of at least 4 members (excludes halogenated alkanes) is 2. The number of aliphatic hydroxyl groups excluding tert-OH is 1. The Bertz CT molecular complexity index is 514. The Morgan fingerprint density at radius 1 is 1.00 bits per heavy atom. The number of nitrogens with zero attached hydrogens (tertiary/aromatic N) is 2. The van der Waals surface area contributed by atoms with Gasteiger partial charge in [-0.2, -0.15) is 0 Å². The Hall–Kier alpha value is -1.92. The maximum atomic E-state index is 12.1. The number of piperazine rings is 1. The summed E-state index contributed by atoms with van der Waals surface area (Å²) >= 11 is 0. The first kappa shape index (κ1) is 18.4. The van der Waals surface area contributed by atoms with Gasteiger partial charge in [-0.15, -0.1) is 0 Å². The molecule has 0 radical (unpaired) electrons. The maximum absolute atomic E-state index is 12.1. The van der Waals surface area contributed by atoms with Crippen molar-refractivity contribution in [3.8, 4) is 0 Å². The zero-order chi connectivity index (χ0) is 17.2. The van der Waals surface area contributed by atoms with Crippen LogP contribution in [-0.4, -0.2) is 66.1 Å². The highest BCUT2D eigenvalue weighted by Gasteiger charge is 2.25. The molecule has 6 nitrogen and oxygen atoms in total. The van der Waals surface area contributed by atoms with E-state index in [9.17, 15) is 9.59 Å². The Balaban J connectivity index is 1.67. The van der Waals surface area contributed by atoms with Crippen molar-refractivity contribution in [2.75, 3.05) is 39.3 Å². The molecule has 1 aliphatic heterocycles. The van der Waals surface area contributed by atoms with Gasteiger partial charge in [0, 0.05) is 45.9 Å². The maximum Gasteiger partial charge on any atom is 0.311 e. The number of benzene rings is 1. The van der Waals surface area contributed by atoms with E-state index in [-0.39, 0.29) is 6.61 Å². The van der Waals surface area contributed by atoms with Gasteiger partial charge in [0.15, 0.2) is 0 Å². The van der Waals surface area contributed by atoms with Crippen LogP contribution in [-0.2, 0) is 16.1 Å². The smallest absolute Gasteiger partial charge is 0.311 e. The number of carbonyl (C=O) groups excluding carboxylic acids is 2. The van der Waals surface area contributed by atoms with E-state index in [4.69, 9.17) is 5.11 Å². The van der Waals surface area contributed by atoms with Crippen molar-refractivity contribution in [1.82, 2.24) is 15.1 Å². The van der Waals surface area contributed by atoms with Crippen molar-refractivity contribution < 1.29 is 14.7 Å². The number of aliphatic hydroxyl groups is 1. The minimum Gasteiger partial charge on any atom is -0.396 e. The van der Waals surface area contributed by atoms with Crippen LogP contribution in [0.1, 0.15) is 24.8 Å². The van der Waals surface area contributed by atoms with Gasteiger partial charge in [-0.3, -0.25) is 14.5 Å². The fraction of sp³-hybridized carbons (Fsp3) is 0.556. The van der Waals surface area contributed by atoms with Gasteiger partial charge in [-0.05, 0) is 24.8 Å². The molecule has 1 heterocycles. The predicted molar refractivity (Wildman–Crippen MR) is 92.2 cm³/mol. The molecule has 2 N–H and O–H groups in total. The van der Waals surface area contributed by atoms with Crippen molar-refractivity contribution >= 4 is 11.8 Å². The van der Waals surface area contributed by atoms with Crippen LogP contribution in [0.25, 0.3) is 0 Å². The molecule has 24 heavy (non-hydrogen) atoms. The lowest BCUT2D eigenvalue weighted by atomic mass is 10.2. The number of amides is 2. The van der Waals surface area contributed by atoms with E-state index in [0.29, 0.717) is 19.6 Å². The highest BCUT2D eigenvalue weighted by atomic mass is 16.3. The van der Waals surface area contributed by atoms with Crippen LogP contribution in [0.3, 0.4) is 0 Å². The standard InChI is InChI=1S/C18H27N3O3/c22-14-6-2-5-9-19-17(23)18(24)21-12-10-20(11-13-21)15-16-7-3-1-4-8-16/h1,3-4,7-8,22H,2,5-6,9-15H2,(H,19,23). The zero-order valence-corrected chi connectivity index (χ0v) is 14.1. The van der Waals surface area contributed by atoms with E-state index in [1.807, 2.05) is 18.2 Å². The summed E-state index contributed by atoms with van der Waals surface area (Å²) in [5.74, 6) is -0.952. The Morgan fingerprint density at radius 3 is 2.38 bits per heavy atom. The predicted octanol–water partition coefficient (Wildman–Crippen LogP) is 0.610. The highest BCUT2D eigenvalue weighted by Crippen LogP contribution is 2.08. The molecular formula is C18H27N3O3. The van der Waals surface area contributed by atoms with E-state index in [1.54, 1.807) is 4.90 Å². The van der Waals surface area contributed by atoms with Crippen molar-refractivity contribution in [2.24, 2.45) is 0 Å². The lowest BCUT2D eigenvalue weighted by Gasteiger charge is -2.34. The molecule has 2 rings (SSSR count). The topological polar surface area (TPSA) is 72.9 Å². The second-order valence-corrected chi connectivity index (χ2v) is 6.09. The lowest BCUT2D eigenvalue weighted by Crippen LogP contribution is -2.52. The number of carbonyl (C=O) groups is 2. The van der Waals surface area contributed by atoms with E-state index in [1.165, 1.54) is 5.56 Å². The normalized spacial score (nSPS) is 15.3. The Morgan fingerprint density at radius 2 is 1.71 bits per heavy atom. The molecule has 0 atom stereocenters. The first-order valence-corrected chi connectivity index (χ1v) is 8.65. The largest absolute Gasteiger partial charge is 0.396 e. The van der Waals surface area contributed by atoms with Gasteiger partial charge in [0.25, 0.3) is 0 Å². The molecule has 1 fully saturated rings. The van der Waals surface area contributed by atoms with E-state index in [0.717, 1.165) is 38.9 Å². The summed E-state index contributed by atoms with van der Waals surface area (Å²) in [7, 11) is 0. The van der Waals surface area contributed by atoms with Gasteiger partial charge in [-0.1, -0.05) is 30.3 Å². The number of nitrogens with one attached hydrogen (secondary N) is 1. The van der Waals surface area contributed by atoms with Crippen LogP contribution < -0.4 is 5.32 Å². The molecule has 0 bridgehead atoms. The van der Waals surface area contributed by atoms with Gasteiger partial charge < -0.3 is 15.3 Å². The average Bonchev–Trinajstić information content (AvgIpc) is 2.62. The molecule has 2 amide bonds. The summed E-state index contributed by atoms with van der Waals surface area (Å²) < 4.78 is 0. The summed E-state index contributed by atoms with van der Waals surface area (Å²) in [5.41, 5.74) is 1.26. The van der Waals surface area contributed by atoms with Crippen LogP contribution in [0.2, 0.25) is 0 Å². The first-order chi connectivity index (χ1) is 11.7. The molecule has 0 spiro atoms. The van der Waals surface area contributed by atoms with Gasteiger partial charge in [0.05, 0.1) is 0 Å². The summed E-state index contributed by atoms with van der Waals surface area (Å²) in [6, 6.07) is 10.3. The molecule has 1 aliphatic rings. The SMILES string of the molecule is O=C(NCCCCCO)C(=O)N1CCN(Cc2ccccc2)CC1. The molecule has 6 heteroatoms. The fourth-order valence-corrected chi connectivity index (χ4v) is 2.79. The number of hydrogen-bond acceptors (Lipinski definition) is 4. The Kier molecular flexibility index (Phi) is 7.71. The number of rotatable bonds is 7. The third kappa shape index (κ3) is 5.94. The molecule has 1 saturated heterocycles. The first-order valence-electron chi connectivity index (χ1n) is 8.65. The highest BCUT2D eigenvalue weighted by molar-refractivity contribution is 6.35. The summed E-state index contributed by atoms with van der Waals surface area (Å²) in [5, 5.41) is 11.4. The lowest BCUT2D eigenvalue weighted by molar-refractivity contribution is -0.147. The van der Waals surface area contributed by atoms with E-state index in [2.05, 4.69) is 22.3 Å². The van der Waals surface area contributed by atoms with Crippen LogP contribution in [0.15, 0.2) is 30.3 Å². The summed E-state index contributed by atoms with van der Waals surface area (Å²) in [6.45, 7) is 4.26. The Labute approximate surface area is 143 Å². The molecule has 0 saturated carbocycles. The summed E-state index contributed by atoms with van der Waals surface area (Å²) in [4.78, 5) is 27.9.